The summed E-state index contributed by atoms with van der Waals surface area (Å²) in [6.07, 6.45) is -0.370. The molecule has 86 valence electrons. The number of nitrogens with one attached hydrogen (secondary N) is 1. The third kappa shape index (κ3) is 5.18. The van der Waals surface area contributed by atoms with E-state index in [0.29, 0.717) is 24.9 Å². The van der Waals surface area contributed by atoms with Crippen molar-refractivity contribution < 1.29 is 9.52 Å². The number of rotatable bonds is 6. The lowest BCUT2D eigenvalue weighted by Gasteiger charge is -2.15. The number of hydrogen-bond donors (Lipinski definition) is 2. The van der Waals surface area contributed by atoms with Gasteiger partial charge in [-0.05, 0) is 37.8 Å². The molecule has 0 aliphatic rings. The Bertz CT molecular complexity index is 289. The van der Waals surface area contributed by atoms with Crippen LogP contribution in [0.15, 0.2) is 16.5 Å². The summed E-state index contributed by atoms with van der Waals surface area (Å²) in [6, 6.07) is 3.52. The fraction of sp³-hybridized carbons (Fsp3) is 0.600. The van der Waals surface area contributed by atoms with Crippen molar-refractivity contribution in [2.75, 3.05) is 27.2 Å². The van der Waals surface area contributed by atoms with Crippen molar-refractivity contribution in [3.8, 4) is 0 Å². The van der Waals surface area contributed by atoms with Crippen LogP contribution in [0.5, 0.6) is 0 Å². The lowest BCUT2D eigenvalue weighted by atomic mass is 10.3. The smallest absolute Gasteiger partial charge is 0.193 e. The Kier molecular flexibility index (Phi) is 5.11. The molecule has 0 saturated heterocycles. The van der Waals surface area contributed by atoms with Crippen LogP contribution in [0.4, 0.5) is 0 Å². The molecule has 15 heavy (non-hydrogen) atoms. The van der Waals surface area contributed by atoms with Crippen LogP contribution in [0.25, 0.3) is 0 Å². The van der Waals surface area contributed by atoms with Crippen LogP contribution in [0.1, 0.15) is 5.76 Å². The normalized spacial score (nSPS) is 13.4. The van der Waals surface area contributed by atoms with Gasteiger partial charge < -0.3 is 19.7 Å². The van der Waals surface area contributed by atoms with Crippen LogP contribution in [0.2, 0.25) is 5.22 Å². The molecule has 1 unspecified atom stereocenters. The van der Waals surface area contributed by atoms with Crippen LogP contribution in [-0.4, -0.2) is 43.3 Å². The van der Waals surface area contributed by atoms with Gasteiger partial charge in [0.15, 0.2) is 5.22 Å². The van der Waals surface area contributed by atoms with E-state index in [4.69, 9.17) is 16.0 Å². The molecule has 1 atom stereocenters. The molecule has 1 aromatic heterocycles. The maximum Gasteiger partial charge on any atom is 0.193 e. The number of likely N-dealkylation sites (N-methyl/N-ethyl adjacent to an activating group) is 1. The van der Waals surface area contributed by atoms with Crippen LogP contribution in [0.3, 0.4) is 0 Å². The van der Waals surface area contributed by atoms with Gasteiger partial charge >= 0.3 is 0 Å². The zero-order valence-corrected chi connectivity index (χ0v) is 9.79. The minimum Gasteiger partial charge on any atom is -0.448 e. The van der Waals surface area contributed by atoms with Gasteiger partial charge in [-0.25, -0.2) is 0 Å². The van der Waals surface area contributed by atoms with Crippen molar-refractivity contribution in [2.45, 2.75) is 12.6 Å². The molecule has 0 saturated carbocycles. The van der Waals surface area contributed by atoms with Crippen molar-refractivity contribution in [1.82, 2.24) is 10.2 Å². The number of hydrogen-bond acceptors (Lipinski definition) is 4. The summed E-state index contributed by atoms with van der Waals surface area (Å²) in [4.78, 5) is 1.94. The molecule has 0 aliphatic carbocycles. The second kappa shape index (κ2) is 6.12. The van der Waals surface area contributed by atoms with E-state index in [9.17, 15) is 5.11 Å². The zero-order valence-electron chi connectivity index (χ0n) is 9.03. The Morgan fingerprint density at radius 3 is 2.80 bits per heavy atom. The van der Waals surface area contributed by atoms with Gasteiger partial charge in [0.25, 0.3) is 0 Å². The molecule has 0 aromatic carbocycles. The zero-order chi connectivity index (χ0) is 11.3. The van der Waals surface area contributed by atoms with Gasteiger partial charge in [0.2, 0.25) is 0 Å². The van der Waals surface area contributed by atoms with E-state index in [1.807, 2.05) is 25.1 Å². The SMILES string of the molecule is CN(C)CC(O)CNCc1ccc(Cl)o1. The maximum absolute atomic E-state index is 9.54. The van der Waals surface area contributed by atoms with E-state index in [0.717, 1.165) is 5.76 Å². The fourth-order valence-electron chi connectivity index (χ4n) is 1.29. The number of furan rings is 1. The highest BCUT2D eigenvalue weighted by Crippen LogP contribution is 2.12. The van der Waals surface area contributed by atoms with Crippen molar-refractivity contribution >= 4 is 11.6 Å². The first kappa shape index (κ1) is 12.5. The first-order chi connectivity index (χ1) is 7.08. The molecule has 0 aliphatic heterocycles. The summed E-state index contributed by atoms with van der Waals surface area (Å²) >= 11 is 5.62. The minimum atomic E-state index is -0.370. The summed E-state index contributed by atoms with van der Waals surface area (Å²) in [5, 5.41) is 13.0. The Balaban J connectivity index is 2.16. The maximum atomic E-state index is 9.54. The summed E-state index contributed by atoms with van der Waals surface area (Å²) in [5.41, 5.74) is 0. The van der Waals surface area contributed by atoms with E-state index >= 15 is 0 Å². The Hall–Kier alpha value is -0.550. The van der Waals surface area contributed by atoms with Crippen molar-refractivity contribution in [1.29, 1.82) is 0 Å². The highest BCUT2D eigenvalue weighted by molar-refractivity contribution is 6.28. The van der Waals surface area contributed by atoms with Gasteiger partial charge in [0.05, 0.1) is 12.6 Å². The highest BCUT2D eigenvalue weighted by Gasteiger charge is 2.05. The van der Waals surface area contributed by atoms with Gasteiger partial charge in [0, 0.05) is 13.1 Å². The average molecular weight is 233 g/mol. The molecule has 1 rings (SSSR count). The van der Waals surface area contributed by atoms with Crippen LogP contribution >= 0.6 is 11.6 Å². The van der Waals surface area contributed by atoms with Crippen molar-refractivity contribution in [3.63, 3.8) is 0 Å². The van der Waals surface area contributed by atoms with Gasteiger partial charge in [-0.2, -0.15) is 0 Å². The summed E-state index contributed by atoms with van der Waals surface area (Å²) in [6.45, 7) is 1.76. The van der Waals surface area contributed by atoms with E-state index in [1.165, 1.54) is 0 Å². The van der Waals surface area contributed by atoms with Crippen LogP contribution in [-0.2, 0) is 6.54 Å². The first-order valence-corrected chi connectivity index (χ1v) is 5.23. The van der Waals surface area contributed by atoms with Crippen LogP contribution in [0, 0.1) is 0 Å². The van der Waals surface area contributed by atoms with E-state index in [2.05, 4.69) is 5.32 Å². The first-order valence-electron chi connectivity index (χ1n) is 4.85. The predicted octanol–water partition coefficient (Wildman–Crippen LogP) is 0.945. The van der Waals surface area contributed by atoms with Gasteiger partial charge in [-0.1, -0.05) is 0 Å². The standard InChI is InChI=1S/C10H17ClN2O2/c1-13(2)7-8(14)5-12-6-9-3-4-10(11)15-9/h3-4,8,12,14H,5-7H2,1-2H3. The predicted molar refractivity (Wildman–Crippen MR) is 60.0 cm³/mol. The van der Waals surface area contributed by atoms with E-state index in [1.54, 1.807) is 6.07 Å². The third-order valence-electron chi connectivity index (χ3n) is 1.88. The lowest BCUT2D eigenvalue weighted by Crippen LogP contribution is -2.34. The molecule has 0 amide bonds. The molecule has 2 N–H and O–H groups in total. The summed E-state index contributed by atoms with van der Waals surface area (Å²) in [7, 11) is 3.85. The lowest BCUT2D eigenvalue weighted by molar-refractivity contribution is 0.134. The molecule has 0 bridgehead atoms. The third-order valence-corrected chi connectivity index (χ3v) is 2.09. The molecular weight excluding hydrogens is 216 g/mol. The number of aliphatic hydroxyl groups is 1. The van der Waals surface area contributed by atoms with Gasteiger partial charge in [-0.3, -0.25) is 0 Å². The fourth-order valence-corrected chi connectivity index (χ4v) is 1.46. The molecular formula is C10H17ClN2O2. The van der Waals surface area contributed by atoms with Crippen molar-refractivity contribution in [2.24, 2.45) is 0 Å². The molecule has 1 aromatic rings. The molecule has 5 heteroatoms. The van der Waals surface area contributed by atoms with Crippen LogP contribution < -0.4 is 5.32 Å². The molecule has 0 fully saturated rings. The van der Waals surface area contributed by atoms with E-state index < -0.39 is 0 Å². The Morgan fingerprint density at radius 1 is 1.53 bits per heavy atom. The second-order valence-corrected chi connectivity index (χ2v) is 4.13. The molecule has 0 radical (unpaired) electrons. The number of halogens is 1. The molecule has 1 heterocycles. The second-order valence-electron chi connectivity index (χ2n) is 3.75. The Morgan fingerprint density at radius 2 is 2.27 bits per heavy atom. The highest BCUT2D eigenvalue weighted by atomic mass is 35.5. The van der Waals surface area contributed by atoms with Crippen molar-refractivity contribution in [3.05, 3.63) is 23.1 Å². The van der Waals surface area contributed by atoms with Gasteiger partial charge in [-0.15, -0.1) is 0 Å². The Labute approximate surface area is 94.8 Å². The van der Waals surface area contributed by atoms with Gasteiger partial charge in [0.1, 0.15) is 5.76 Å². The summed E-state index contributed by atoms with van der Waals surface area (Å²) in [5.74, 6) is 0.775. The average Bonchev–Trinajstić information content (AvgIpc) is 2.50. The topological polar surface area (TPSA) is 48.6 Å². The number of nitrogens with zero attached hydrogens (tertiary/aromatic N) is 1. The minimum absolute atomic E-state index is 0.370. The monoisotopic (exact) mass is 232 g/mol. The molecule has 4 nitrogen and oxygen atoms in total. The number of aliphatic hydroxyl groups excluding tert-OH is 1. The quantitative estimate of drug-likeness (QED) is 0.767. The summed E-state index contributed by atoms with van der Waals surface area (Å²) < 4.78 is 5.16. The van der Waals surface area contributed by atoms with E-state index in [-0.39, 0.29) is 6.10 Å². The molecule has 0 spiro atoms. The largest absolute Gasteiger partial charge is 0.448 e.